The van der Waals surface area contributed by atoms with E-state index in [1.165, 1.54) is 6.33 Å². The minimum atomic E-state index is 0.610. The van der Waals surface area contributed by atoms with Gasteiger partial charge in [0, 0.05) is 7.05 Å². The van der Waals surface area contributed by atoms with Crippen LogP contribution in [0.3, 0.4) is 0 Å². The highest BCUT2D eigenvalue weighted by Gasteiger charge is 2.03. The summed E-state index contributed by atoms with van der Waals surface area (Å²) in [6, 6.07) is 5.92. The van der Waals surface area contributed by atoms with Crippen molar-refractivity contribution in [2.75, 3.05) is 5.32 Å². The lowest BCUT2D eigenvalue weighted by atomic mass is 10.2. The number of benzene rings is 1. The second-order valence-electron chi connectivity index (χ2n) is 3.64. The number of hydrogen-bond acceptors (Lipinski definition) is 3. The largest absolute Gasteiger partial charge is 0.377 e. The van der Waals surface area contributed by atoms with Crippen LogP contribution in [0.4, 0.5) is 5.69 Å². The number of nitrogens with one attached hydrogen (secondary N) is 1. The lowest BCUT2D eigenvalue weighted by Crippen LogP contribution is -2.07. The zero-order chi connectivity index (χ0) is 11.5. The van der Waals surface area contributed by atoms with Gasteiger partial charge >= 0.3 is 0 Å². The number of aryl methyl sites for hydroxylation is 2. The second-order valence-corrected chi connectivity index (χ2v) is 4.04. The van der Waals surface area contributed by atoms with E-state index in [0.29, 0.717) is 6.54 Å². The standard InChI is InChI=1S/C11H13ClN4/c1-8-3-4-10(9(12)5-8)13-6-11-14-7-15-16(11)2/h3-5,7,13H,6H2,1-2H3. The molecule has 0 atom stereocenters. The normalized spacial score (nSPS) is 10.4. The Morgan fingerprint density at radius 3 is 2.88 bits per heavy atom. The summed E-state index contributed by atoms with van der Waals surface area (Å²) in [6.07, 6.45) is 1.54. The van der Waals surface area contributed by atoms with Crippen LogP contribution < -0.4 is 5.32 Å². The van der Waals surface area contributed by atoms with Gasteiger partial charge in [0.1, 0.15) is 12.2 Å². The molecule has 0 spiro atoms. The van der Waals surface area contributed by atoms with Crippen molar-refractivity contribution in [1.82, 2.24) is 14.8 Å². The molecule has 0 aliphatic heterocycles. The molecule has 0 radical (unpaired) electrons. The molecular formula is C11H13ClN4. The van der Waals surface area contributed by atoms with Crippen molar-refractivity contribution in [1.29, 1.82) is 0 Å². The average molecular weight is 237 g/mol. The van der Waals surface area contributed by atoms with Crippen LogP contribution in [-0.2, 0) is 13.6 Å². The molecule has 4 nitrogen and oxygen atoms in total. The molecule has 0 fully saturated rings. The molecule has 0 amide bonds. The maximum atomic E-state index is 6.10. The Labute approximate surface area is 99.3 Å². The smallest absolute Gasteiger partial charge is 0.145 e. The number of aromatic nitrogens is 3. The molecule has 84 valence electrons. The average Bonchev–Trinajstić information content (AvgIpc) is 2.63. The van der Waals surface area contributed by atoms with Crippen LogP contribution in [0.5, 0.6) is 0 Å². The van der Waals surface area contributed by atoms with Crippen LogP contribution in [-0.4, -0.2) is 14.8 Å². The predicted molar refractivity (Wildman–Crippen MR) is 64.5 cm³/mol. The van der Waals surface area contributed by atoms with Crippen LogP contribution in [0.1, 0.15) is 11.4 Å². The van der Waals surface area contributed by atoms with Crippen LogP contribution in [0.25, 0.3) is 0 Å². The number of halogens is 1. The summed E-state index contributed by atoms with van der Waals surface area (Å²) in [4.78, 5) is 4.12. The topological polar surface area (TPSA) is 42.7 Å². The van der Waals surface area contributed by atoms with Crippen LogP contribution >= 0.6 is 11.6 Å². The Hall–Kier alpha value is -1.55. The van der Waals surface area contributed by atoms with Gasteiger partial charge in [0.25, 0.3) is 0 Å². The molecule has 1 aromatic carbocycles. The fourth-order valence-electron chi connectivity index (χ4n) is 1.42. The van der Waals surface area contributed by atoms with Crippen molar-refractivity contribution in [3.63, 3.8) is 0 Å². The van der Waals surface area contributed by atoms with E-state index in [1.54, 1.807) is 4.68 Å². The third-order valence-electron chi connectivity index (χ3n) is 2.37. The van der Waals surface area contributed by atoms with Gasteiger partial charge in [-0.2, -0.15) is 5.10 Å². The Balaban J connectivity index is 2.08. The van der Waals surface area contributed by atoms with Crippen molar-refractivity contribution in [3.05, 3.63) is 40.9 Å². The second kappa shape index (κ2) is 4.53. The van der Waals surface area contributed by atoms with Gasteiger partial charge in [-0.3, -0.25) is 4.68 Å². The molecule has 2 aromatic rings. The summed E-state index contributed by atoms with van der Waals surface area (Å²) >= 11 is 6.10. The minimum absolute atomic E-state index is 0.610. The van der Waals surface area contributed by atoms with E-state index < -0.39 is 0 Å². The maximum Gasteiger partial charge on any atom is 0.145 e. The quantitative estimate of drug-likeness (QED) is 0.890. The van der Waals surface area contributed by atoms with Crippen molar-refractivity contribution >= 4 is 17.3 Å². The number of anilines is 1. The van der Waals surface area contributed by atoms with Gasteiger partial charge < -0.3 is 5.32 Å². The first-order chi connectivity index (χ1) is 7.66. The predicted octanol–water partition coefficient (Wildman–Crippen LogP) is 2.39. The van der Waals surface area contributed by atoms with Gasteiger partial charge in [0.2, 0.25) is 0 Å². The Bertz CT molecular complexity index is 492. The summed E-state index contributed by atoms with van der Waals surface area (Å²) in [6.45, 7) is 2.62. The van der Waals surface area contributed by atoms with E-state index >= 15 is 0 Å². The first-order valence-electron chi connectivity index (χ1n) is 4.99. The Kier molecular flexibility index (Phi) is 3.10. The molecule has 1 heterocycles. The van der Waals surface area contributed by atoms with Gasteiger partial charge in [-0.15, -0.1) is 0 Å². The third-order valence-corrected chi connectivity index (χ3v) is 2.68. The molecule has 1 aromatic heterocycles. The molecule has 0 saturated heterocycles. The first kappa shape index (κ1) is 11.0. The van der Waals surface area contributed by atoms with E-state index in [9.17, 15) is 0 Å². The van der Waals surface area contributed by atoms with Crippen LogP contribution in [0, 0.1) is 6.92 Å². The lowest BCUT2D eigenvalue weighted by molar-refractivity contribution is 0.712. The molecule has 0 saturated carbocycles. The number of hydrogen-bond donors (Lipinski definition) is 1. The van der Waals surface area contributed by atoms with Gasteiger partial charge in [0.05, 0.1) is 17.3 Å². The molecule has 0 unspecified atom stereocenters. The number of rotatable bonds is 3. The van der Waals surface area contributed by atoms with E-state index in [4.69, 9.17) is 11.6 Å². The summed E-state index contributed by atoms with van der Waals surface area (Å²) in [7, 11) is 1.86. The molecule has 0 aliphatic rings. The summed E-state index contributed by atoms with van der Waals surface area (Å²) in [5.74, 6) is 0.872. The van der Waals surface area contributed by atoms with E-state index in [2.05, 4.69) is 15.4 Å². The molecule has 0 bridgehead atoms. The van der Waals surface area contributed by atoms with Crippen molar-refractivity contribution in [2.45, 2.75) is 13.5 Å². The zero-order valence-electron chi connectivity index (χ0n) is 9.24. The molecule has 16 heavy (non-hydrogen) atoms. The zero-order valence-corrected chi connectivity index (χ0v) is 9.99. The molecule has 0 aliphatic carbocycles. The Morgan fingerprint density at radius 1 is 1.44 bits per heavy atom. The highest BCUT2D eigenvalue weighted by molar-refractivity contribution is 6.33. The van der Waals surface area contributed by atoms with Gasteiger partial charge in [0.15, 0.2) is 0 Å². The number of nitrogens with zero attached hydrogens (tertiary/aromatic N) is 3. The van der Waals surface area contributed by atoms with Gasteiger partial charge in [-0.1, -0.05) is 17.7 Å². The fourth-order valence-corrected chi connectivity index (χ4v) is 1.72. The maximum absolute atomic E-state index is 6.10. The third kappa shape index (κ3) is 2.33. The lowest BCUT2D eigenvalue weighted by Gasteiger charge is -2.08. The first-order valence-corrected chi connectivity index (χ1v) is 5.37. The fraction of sp³-hybridized carbons (Fsp3) is 0.273. The van der Waals surface area contributed by atoms with E-state index in [1.807, 2.05) is 32.2 Å². The SMILES string of the molecule is Cc1ccc(NCc2ncnn2C)c(Cl)c1. The highest BCUT2D eigenvalue weighted by atomic mass is 35.5. The van der Waals surface area contributed by atoms with Gasteiger partial charge in [-0.05, 0) is 24.6 Å². The van der Waals surface area contributed by atoms with Gasteiger partial charge in [-0.25, -0.2) is 4.98 Å². The molecule has 1 N–H and O–H groups in total. The summed E-state index contributed by atoms with van der Waals surface area (Å²) < 4.78 is 1.73. The monoisotopic (exact) mass is 236 g/mol. The Morgan fingerprint density at radius 2 is 2.25 bits per heavy atom. The molecule has 5 heteroatoms. The summed E-state index contributed by atoms with van der Waals surface area (Å²) in [5.41, 5.74) is 2.06. The van der Waals surface area contributed by atoms with Crippen molar-refractivity contribution in [3.8, 4) is 0 Å². The van der Waals surface area contributed by atoms with Crippen LogP contribution in [0.2, 0.25) is 5.02 Å². The molecule has 2 rings (SSSR count). The minimum Gasteiger partial charge on any atom is -0.377 e. The van der Waals surface area contributed by atoms with E-state index in [-0.39, 0.29) is 0 Å². The highest BCUT2D eigenvalue weighted by Crippen LogP contribution is 2.22. The van der Waals surface area contributed by atoms with Crippen LogP contribution in [0.15, 0.2) is 24.5 Å². The van der Waals surface area contributed by atoms with E-state index in [0.717, 1.165) is 22.1 Å². The summed E-state index contributed by atoms with van der Waals surface area (Å²) in [5, 5.41) is 7.95. The van der Waals surface area contributed by atoms with Crippen molar-refractivity contribution in [2.24, 2.45) is 7.05 Å². The van der Waals surface area contributed by atoms with Crippen molar-refractivity contribution < 1.29 is 0 Å². The molecular weight excluding hydrogens is 224 g/mol.